The van der Waals surface area contributed by atoms with Crippen molar-refractivity contribution in [2.45, 2.75) is 57.3 Å². The average molecular weight is 274 g/mol. The number of nitrogens with zero attached hydrogens (tertiary/aromatic N) is 1. The number of methoxy groups -OCH3 is 1. The van der Waals surface area contributed by atoms with Crippen LogP contribution in [0.15, 0.2) is 24.3 Å². The Morgan fingerprint density at radius 3 is 2.75 bits per heavy atom. The topological polar surface area (TPSA) is 24.5 Å². The van der Waals surface area contributed by atoms with Crippen LogP contribution in [0.25, 0.3) is 0 Å². The van der Waals surface area contributed by atoms with Crippen LogP contribution in [0.2, 0.25) is 0 Å². The summed E-state index contributed by atoms with van der Waals surface area (Å²) in [6.07, 6.45) is 4.06. The molecule has 0 radical (unpaired) electrons. The van der Waals surface area contributed by atoms with E-state index >= 15 is 0 Å². The second-order valence-electron chi connectivity index (χ2n) is 6.34. The highest BCUT2D eigenvalue weighted by molar-refractivity contribution is 5.35. The van der Waals surface area contributed by atoms with Gasteiger partial charge in [0.1, 0.15) is 5.75 Å². The zero-order valence-electron chi connectivity index (χ0n) is 12.8. The molecule has 3 nitrogen and oxygen atoms in total. The van der Waals surface area contributed by atoms with Crippen molar-refractivity contribution in [3.8, 4) is 5.75 Å². The number of para-hydroxylation sites is 1. The number of hydrogen-bond acceptors (Lipinski definition) is 3. The smallest absolute Gasteiger partial charge is 0.123 e. The molecule has 20 heavy (non-hydrogen) atoms. The molecular formula is C17H26N2O. The van der Waals surface area contributed by atoms with Crippen LogP contribution in [0.4, 0.5) is 0 Å². The van der Waals surface area contributed by atoms with E-state index in [9.17, 15) is 0 Å². The van der Waals surface area contributed by atoms with Gasteiger partial charge in [0.15, 0.2) is 0 Å². The van der Waals surface area contributed by atoms with Gasteiger partial charge in [-0.05, 0) is 39.2 Å². The fourth-order valence-electron chi connectivity index (χ4n) is 3.56. The maximum absolute atomic E-state index is 5.47. The Labute approximate surface area is 122 Å². The van der Waals surface area contributed by atoms with Crippen LogP contribution in [0, 0.1) is 0 Å². The van der Waals surface area contributed by atoms with Crippen molar-refractivity contribution < 1.29 is 4.74 Å². The van der Waals surface area contributed by atoms with Gasteiger partial charge in [0.25, 0.3) is 0 Å². The first-order valence-corrected chi connectivity index (χ1v) is 7.83. The molecule has 1 aromatic carbocycles. The molecule has 1 saturated heterocycles. The average Bonchev–Trinajstić information content (AvgIpc) is 3.23. The first kappa shape index (κ1) is 13.9. The number of likely N-dealkylation sites (tertiary alicyclic amines) is 1. The van der Waals surface area contributed by atoms with Gasteiger partial charge in [-0.25, -0.2) is 0 Å². The Morgan fingerprint density at radius 1 is 1.30 bits per heavy atom. The van der Waals surface area contributed by atoms with Crippen molar-refractivity contribution in [1.82, 2.24) is 10.2 Å². The Hall–Kier alpha value is -1.06. The Kier molecular flexibility index (Phi) is 3.99. The number of nitrogens with one attached hydrogen (secondary N) is 1. The van der Waals surface area contributed by atoms with E-state index in [4.69, 9.17) is 4.74 Å². The summed E-state index contributed by atoms with van der Waals surface area (Å²) >= 11 is 0. The molecule has 1 heterocycles. The third-order valence-corrected chi connectivity index (χ3v) is 4.73. The second-order valence-corrected chi connectivity index (χ2v) is 6.34. The van der Waals surface area contributed by atoms with E-state index in [2.05, 4.69) is 36.2 Å². The summed E-state index contributed by atoms with van der Waals surface area (Å²) in [6, 6.07) is 10.9. The minimum Gasteiger partial charge on any atom is -0.496 e. The van der Waals surface area contributed by atoms with E-state index in [1.165, 1.54) is 31.4 Å². The van der Waals surface area contributed by atoms with Crippen LogP contribution < -0.4 is 10.1 Å². The predicted octanol–water partition coefficient (Wildman–Crippen LogP) is 2.97. The maximum Gasteiger partial charge on any atom is 0.123 e. The van der Waals surface area contributed by atoms with Crippen molar-refractivity contribution in [2.24, 2.45) is 0 Å². The van der Waals surface area contributed by atoms with E-state index < -0.39 is 0 Å². The standard InChI is InChI=1S/C17H26N2O/c1-12-10-14(11-19(12)15-8-9-15)18-13(2)16-6-4-5-7-17(16)20-3/h4-7,12-15,18H,8-11H2,1-3H3. The van der Waals surface area contributed by atoms with Gasteiger partial charge in [0.2, 0.25) is 0 Å². The molecule has 0 bridgehead atoms. The lowest BCUT2D eigenvalue weighted by molar-refractivity contribution is 0.254. The third kappa shape index (κ3) is 2.84. The lowest BCUT2D eigenvalue weighted by atomic mass is 10.1. The molecule has 110 valence electrons. The first-order valence-electron chi connectivity index (χ1n) is 7.83. The predicted molar refractivity (Wildman–Crippen MR) is 82.1 cm³/mol. The van der Waals surface area contributed by atoms with Crippen molar-refractivity contribution >= 4 is 0 Å². The van der Waals surface area contributed by atoms with E-state index in [1.807, 2.05) is 12.1 Å². The Balaban J connectivity index is 1.63. The van der Waals surface area contributed by atoms with E-state index in [1.54, 1.807) is 7.11 Å². The van der Waals surface area contributed by atoms with Gasteiger partial charge in [-0.3, -0.25) is 4.90 Å². The van der Waals surface area contributed by atoms with Crippen molar-refractivity contribution in [2.75, 3.05) is 13.7 Å². The molecule has 2 fully saturated rings. The molecule has 1 aliphatic heterocycles. The summed E-state index contributed by atoms with van der Waals surface area (Å²) in [5.74, 6) is 0.984. The summed E-state index contributed by atoms with van der Waals surface area (Å²) < 4.78 is 5.47. The zero-order valence-corrected chi connectivity index (χ0v) is 12.8. The maximum atomic E-state index is 5.47. The second kappa shape index (κ2) is 5.74. The first-order chi connectivity index (χ1) is 9.69. The van der Waals surface area contributed by atoms with Crippen molar-refractivity contribution in [3.05, 3.63) is 29.8 Å². The van der Waals surface area contributed by atoms with Gasteiger partial charge in [0, 0.05) is 36.3 Å². The molecule has 0 spiro atoms. The molecule has 2 aliphatic rings. The molecule has 1 saturated carbocycles. The van der Waals surface area contributed by atoms with E-state index in [0.717, 1.165) is 17.8 Å². The molecule has 3 rings (SSSR count). The van der Waals surface area contributed by atoms with Gasteiger partial charge in [-0.1, -0.05) is 18.2 Å². The minimum atomic E-state index is 0.336. The third-order valence-electron chi connectivity index (χ3n) is 4.73. The molecule has 1 aromatic rings. The summed E-state index contributed by atoms with van der Waals surface area (Å²) in [4.78, 5) is 2.69. The summed E-state index contributed by atoms with van der Waals surface area (Å²) in [6.45, 7) is 5.81. The fourth-order valence-corrected chi connectivity index (χ4v) is 3.56. The normalized spacial score (nSPS) is 28.6. The summed E-state index contributed by atoms with van der Waals surface area (Å²) in [5.41, 5.74) is 1.26. The number of hydrogen-bond donors (Lipinski definition) is 1. The monoisotopic (exact) mass is 274 g/mol. The van der Waals surface area contributed by atoms with Crippen LogP contribution in [-0.4, -0.2) is 36.7 Å². The van der Waals surface area contributed by atoms with E-state index in [-0.39, 0.29) is 0 Å². The van der Waals surface area contributed by atoms with Crippen molar-refractivity contribution in [1.29, 1.82) is 0 Å². The molecule has 1 aliphatic carbocycles. The van der Waals surface area contributed by atoms with Gasteiger partial charge in [-0.15, -0.1) is 0 Å². The lowest BCUT2D eigenvalue weighted by Gasteiger charge is -2.22. The summed E-state index contributed by atoms with van der Waals surface area (Å²) in [7, 11) is 1.75. The molecule has 0 aromatic heterocycles. The van der Waals surface area contributed by atoms with Crippen LogP contribution in [0.1, 0.15) is 44.7 Å². The fraction of sp³-hybridized carbons (Fsp3) is 0.647. The highest BCUT2D eigenvalue weighted by Gasteiger charge is 2.39. The quantitative estimate of drug-likeness (QED) is 0.893. The zero-order chi connectivity index (χ0) is 14.1. The van der Waals surface area contributed by atoms with Crippen LogP contribution in [0.5, 0.6) is 5.75 Å². The van der Waals surface area contributed by atoms with Gasteiger partial charge >= 0.3 is 0 Å². The SMILES string of the molecule is COc1ccccc1C(C)NC1CC(C)N(C2CC2)C1. The lowest BCUT2D eigenvalue weighted by Crippen LogP contribution is -2.35. The molecular weight excluding hydrogens is 248 g/mol. The van der Waals surface area contributed by atoms with Crippen molar-refractivity contribution in [3.63, 3.8) is 0 Å². The van der Waals surface area contributed by atoms with Gasteiger partial charge < -0.3 is 10.1 Å². The highest BCUT2D eigenvalue weighted by atomic mass is 16.5. The van der Waals surface area contributed by atoms with Crippen LogP contribution in [0.3, 0.4) is 0 Å². The van der Waals surface area contributed by atoms with Gasteiger partial charge in [-0.2, -0.15) is 0 Å². The van der Waals surface area contributed by atoms with Crippen LogP contribution >= 0.6 is 0 Å². The molecule has 1 N–H and O–H groups in total. The molecule has 0 amide bonds. The number of rotatable bonds is 5. The Morgan fingerprint density at radius 2 is 2.05 bits per heavy atom. The number of ether oxygens (including phenoxy) is 1. The van der Waals surface area contributed by atoms with Crippen LogP contribution in [-0.2, 0) is 0 Å². The van der Waals surface area contributed by atoms with E-state index in [0.29, 0.717) is 12.1 Å². The molecule has 3 atom stereocenters. The Bertz CT molecular complexity index is 458. The van der Waals surface area contributed by atoms with Gasteiger partial charge in [0.05, 0.1) is 7.11 Å². The molecule has 3 heteroatoms. The largest absolute Gasteiger partial charge is 0.496 e. The minimum absolute atomic E-state index is 0.336. The summed E-state index contributed by atoms with van der Waals surface area (Å²) in [5, 5.41) is 3.79. The molecule has 3 unspecified atom stereocenters. The highest BCUT2D eigenvalue weighted by Crippen LogP contribution is 2.34. The number of benzene rings is 1.